The van der Waals surface area contributed by atoms with Crippen molar-refractivity contribution in [1.29, 1.82) is 0 Å². The van der Waals surface area contributed by atoms with Crippen LogP contribution in [0.2, 0.25) is 0 Å². The highest BCUT2D eigenvalue weighted by molar-refractivity contribution is 7.21. The van der Waals surface area contributed by atoms with Gasteiger partial charge in [0, 0.05) is 16.9 Å². The zero-order valence-electron chi connectivity index (χ0n) is 17.1. The highest BCUT2D eigenvalue weighted by atomic mass is 32.1. The van der Waals surface area contributed by atoms with Crippen molar-refractivity contribution in [2.45, 2.75) is 0 Å². The third-order valence-electron chi connectivity index (χ3n) is 4.99. The number of fused-ring (bicyclic) bond motifs is 1. The number of benzene rings is 3. The van der Waals surface area contributed by atoms with Crippen LogP contribution in [0.15, 0.2) is 79.3 Å². The Morgan fingerprint density at radius 1 is 0.871 bits per heavy atom. The maximum Gasteiger partial charge on any atom is 0.135 e. The van der Waals surface area contributed by atoms with E-state index in [0.29, 0.717) is 0 Å². The van der Waals surface area contributed by atoms with Crippen LogP contribution in [0.4, 0.5) is 11.5 Å². The Kier molecular flexibility index (Phi) is 5.01. The van der Waals surface area contributed by atoms with Crippen molar-refractivity contribution in [2.24, 2.45) is 0 Å². The molecule has 0 saturated carbocycles. The summed E-state index contributed by atoms with van der Waals surface area (Å²) in [6, 6.07) is 22.1. The topological polar surface area (TPSA) is 61.2 Å². The molecule has 6 nitrogen and oxygen atoms in total. The number of ether oxygens (including phenoxy) is 2. The highest BCUT2D eigenvalue weighted by Gasteiger charge is 2.09. The van der Waals surface area contributed by atoms with Crippen molar-refractivity contribution >= 4 is 33.1 Å². The number of nitrogens with zero attached hydrogens (tertiary/aromatic N) is 3. The minimum Gasteiger partial charge on any atom is -0.497 e. The quantitative estimate of drug-likeness (QED) is 0.364. The van der Waals surface area contributed by atoms with Crippen LogP contribution in [0.5, 0.6) is 11.5 Å². The molecule has 0 radical (unpaired) electrons. The summed E-state index contributed by atoms with van der Waals surface area (Å²) in [5, 5.41) is 4.38. The Bertz CT molecular complexity index is 1320. The first-order valence-corrected chi connectivity index (χ1v) is 10.5. The summed E-state index contributed by atoms with van der Waals surface area (Å²) >= 11 is 1.66. The third kappa shape index (κ3) is 3.83. The Hall–Kier alpha value is -3.84. The van der Waals surface area contributed by atoms with Crippen molar-refractivity contribution in [3.8, 4) is 27.8 Å². The van der Waals surface area contributed by atoms with Crippen LogP contribution in [-0.2, 0) is 0 Å². The molecule has 0 atom stereocenters. The maximum atomic E-state index is 5.32. The number of hydrogen-bond acceptors (Lipinski definition) is 6. The second kappa shape index (κ2) is 8.12. The average molecular weight is 429 g/mol. The molecule has 5 aromatic rings. The summed E-state index contributed by atoms with van der Waals surface area (Å²) in [7, 11) is 3.34. The number of aromatic nitrogens is 3. The summed E-state index contributed by atoms with van der Waals surface area (Å²) in [4.78, 5) is 9.07. The van der Waals surface area contributed by atoms with E-state index in [1.807, 2.05) is 47.0 Å². The van der Waals surface area contributed by atoms with Gasteiger partial charge in [-0.25, -0.2) is 9.97 Å². The maximum absolute atomic E-state index is 5.32. The Labute approximate surface area is 183 Å². The lowest BCUT2D eigenvalue weighted by atomic mass is 10.2. The first-order valence-electron chi connectivity index (χ1n) is 9.72. The van der Waals surface area contributed by atoms with Gasteiger partial charge in [-0.15, -0.1) is 11.3 Å². The molecule has 154 valence electrons. The molecular formula is C24H20N4O2S. The molecule has 0 saturated heterocycles. The molecule has 2 aromatic heterocycles. The SMILES string of the molecule is COc1ccc(Nc2cncn2-c2ccc(-c3nc4ccc(OC)cc4s3)cc2)cc1. The Morgan fingerprint density at radius 2 is 1.61 bits per heavy atom. The molecule has 0 bridgehead atoms. The largest absolute Gasteiger partial charge is 0.497 e. The molecule has 1 N–H and O–H groups in total. The van der Waals surface area contributed by atoms with Crippen LogP contribution in [0, 0.1) is 0 Å². The molecule has 0 aliphatic carbocycles. The molecule has 0 fully saturated rings. The van der Waals surface area contributed by atoms with E-state index in [2.05, 4.69) is 34.6 Å². The number of hydrogen-bond donors (Lipinski definition) is 1. The van der Waals surface area contributed by atoms with Crippen LogP contribution in [0.1, 0.15) is 0 Å². The first-order chi connectivity index (χ1) is 15.2. The smallest absolute Gasteiger partial charge is 0.135 e. The Balaban J connectivity index is 1.40. The van der Waals surface area contributed by atoms with Gasteiger partial charge in [-0.3, -0.25) is 4.57 Å². The van der Waals surface area contributed by atoms with Crippen molar-refractivity contribution in [3.63, 3.8) is 0 Å². The summed E-state index contributed by atoms with van der Waals surface area (Å²) in [5.74, 6) is 2.54. The van der Waals surface area contributed by atoms with Crippen LogP contribution >= 0.6 is 11.3 Å². The number of imidazole rings is 1. The predicted octanol–water partition coefficient (Wildman–Crippen LogP) is 5.91. The van der Waals surface area contributed by atoms with Crippen LogP contribution in [0.3, 0.4) is 0 Å². The van der Waals surface area contributed by atoms with Gasteiger partial charge >= 0.3 is 0 Å². The molecule has 0 aliphatic rings. The van der Waals surface area contributed by atoms with Gasteiger partial charge in [-0.1, -0.05) is 0 Å². The molecule has 3 aromatic carbocycles. The standard InChI is InChI=1S/C24H20N4O2S/c1-29-19-9-5-17(6-10-19)26-23-14-25-15-28(23)18-7-3-16(4-8-18)24-27-21-12-11-20(30-2)13-22(21)31-24/h3-15,26H,1-2H3. The molecule has 31 heavy (non-hydrogen) atoms. The fourth-order valence-corrected chi connectivity index (χ4v) is 4.34. The predicted molar refractivity (Wildman–Crippen MR) is 125 cm³/mol. The van der Waals surface area contributed by atoms with Crippen molar-refractivity contribution in [1.82, 2.24) is 14.5 Å². The van der Waals surface area contributed by atoms with Crippen molar-refractivity contribution in [3.05, 3.63) is 79.3 Å². The number of thiazole rings is 1. The van der Waals surface area contributed by atoms with Crippen molar-refractivity contribution < 1.29 is 9.47 Å². The van der Waals surface area contributed by atoms with E-state index in [-0.39, 0.29) is 0 Å². The molecule has 0 aliphatic heterocycles. The second-order valence-corrected chi connectivity index (χ2v) is 7.93. The lowest BCUT2D eigenvalue weighted by Gasteiger charge is -2.11. The molecule has 0 unspecified atom stereocenters. The molecular weight excluding hydrogens is 408 g/mol. The zero-order valence-corrected chi connectivity index (χ0v) is 17.9. The van der Waals surface area contributed by atoms with E-state index in [1.54, 1.807) is 38.1 Å². The molecule has 0 amide bonds. The number of rotatable bonds is 6. The Morgan fingerprint density at radius 3 is 2.35 bits per heavy atom. The molecule has 5 rings (SSSR count). The number of anilines is 2. The van der Waals surface area contributed by atoms with E-state index in [0.717, 1.165) is 49.5 Å². The van der Waals surface area contributed by atoms with Gasteiger partial charge in [-0.05, 0) is 66.7 Å². The summed E-state index contributed by atoms with van der Waals surface area (Å²) in [6.07, 6.45) is 3.60. The fourth-order valence-electron chi connectivity index (χ4n) is 3.34. The average Bonchev–Trinajstić information content (AvgIpc) is 3.46. The van der Waals surface area contributed by atoms with Gasteiger partial charge in [0.2, 0.25) is 0 Å². The zero-order chi connectivity index (χ0) is 21.2. The molecule has 7 heteroatoms. The summed E-state index contributed by atoms with van der Waals surface area (Å²) in [6.45, 7) is 0. The lowest BCUT2D eigenvalue weighted by Crippen LogP contribution is -1.99. The number of nitrogens with one attached hydrogen (secondary N) is 1. The molecule has 0 spiro atoms. The minimum atomic E-state index is 0.822. The van der Waals surface area contributed by atoms with Gasteiger partial charge in [0.25, 0.3) is 0 Å². The minimum absolute atomic E-state index is 0.822. The van der Waals surface area contributed by atoms with Crippen LogP contribution < -0.4 is 14.8 Å². The second-order valence-electron chi connectivity index (χ2n) is 6.90. The van der Waals surface area contributed by atoms with Gasteiger partial charge < -0.3 is 14.8 Å². The normalized spacial score (nSPS) is 10.9. The van der Waals surface area contributed by atoms with Crippen LogP contribution in [0.25, 0.3) is 26.5 Å². The third-order valence-corrected chi connectivity index (χ3v) is 6.06. The van der Waals surface area contributed by atoms with E-state index in [9.17, 15) is 0 Å². The first kappa shape index (κ1) is 19.1. The van der Waals surface area contributed by atoms with Crippen molar-refractivity contribution in [2.75, 3.05) is 19.5 Å². The number of methoxy groups -OCH3 is 2. The summed E-state index contributed by atoms with van der Waals surface area (Å²) in [5.41, 5.74) is 4.03. The van der Waals surface area contributed by atoms with E-state index in [4.69, 9.17) is 14.5 Å². The van der Waals surface area contributed by atoms with E-state index in [1.165, 1.54) is 0 Å². The monoisotopic (exact) mass is 428 g/mol. The van der Waals surface area contributed by atoms with Gasteiger partial charge in [-0.2, -0.15) is 0 Å². The van der Waals surface area contributed by atoms with E-state index < -0.39 is 0 Å². The fraction of sp³-hybridized carbons (Fsp3) is 0.0833. The van der Waals surface area contributed by atoms with Gasteiger partial charge in [0.1, 0.15) is 28.7 Å². The molecule has 2 heterocycles. The van der Waals surface area contributed by atoms with Gasteiger partial charge in [0.05, 0.1) is 30.6 Å². The van der Waals surface area contributed by atoms with E-state index >= 15 is 0 Å². The highest BCUT2D eigenvalue weighted by Crippen LogP contribution is 2.33. The lowest BCUT2D eigenvalue weighted by molar-refractivity contribution is 0.415. The van der Waals surface area contributed by atoms with Crippen LogP contribution in [-0.4, -0.2) is 28.8 Å². The summed E-state index contributed by atoms with van der Waals surface area (Å²) < 4.78 is 13.7. The van der Waals surface area contributed by atoms with Gasteiger partial charge in [0.15, 0.2) is 0 Å².